The predicted octanol–water partition coefficient (Wildman–Crippen LogP) is 1.03. The van der Waals surface area contributed by atoms with Gasteiger partial charge in [0.25, 0.3) is 0 Å². The number of amides is 2. The number of rotatable bonds is 5. The summed E-state index contributed by atoms with van der Waals surface area (Å²) >= 11 is 0. The predicted molar refractivity (Wildman–Crippen MR) is 78.3 cm³/mol. The number of hydrogen-bond acceptors (Lipinski definition) is 5. The number of ether oxygens (including phenoxy) is 1. The Morgan fingerprint density at radius 3 is 2.67 bits per heavy atom. The fourth-order valence-electron chi connectivity index (χ4n) is 2.25. The largest absolute Gasteiger partial charge is 0.444 e. The second-order valence-corrected chi connectivity index (χ2v) is 6.49. The molecule has 7 nitrogen and oxygen atoms in total. The number of likely N-dealkylation sites (tertiary alicyclic amines) is 1. The Morgan fingerprint density at radius 1 is 1.43 bits per heavy atom. The highest BCUT2D eigenvalue weighted by Gasteiger charge is 2.30. The SMILES string of the molecule is CC(NOCC(N)=O)C1CCCN(C(=O)OC(C)(C)C)C1. The molecule has 7 heteroatoms. The van der Waals surface area contributed by atoms with E-state index in [0.717, 1.165) is 12.8 Å². The van der Waals surface area contributed by atoms with Crippen LogP contribution < -0.4 is 11.2 Å². The Morgan fingerprint density at radius 2 is 2.10 bits per heavy atom. The molecule has 0 aromatic carbocycles. The molecule has 2 amide bonds. The van der Waals surface area contributed by atoms with E-state index in [9.17, 15) is 9.59 Å². The fourth-order valence-corrected chi connectivity index (χ4v) is 2.25. The summed E-state index contributed by atoms with van der Waals surface area (Å²) in [4.78, 5) is 29.5. The molecule has 0 bridgehead atoms. The van der Waals surface area contributed by atoms with Crippen LogP contribution in [0.2, 0.25) is 0 Å². The zero-order chi connectivity index (χ0) is 16.0. The van der Waals surface area contributed by atoms with Crippen LogP contribution in [0.5, 0.6) is 0 Å². The number of hydroxylamine groups is 1. The van der Waals surface area contributed by atoms with Crippen LogP contribution in [0.1, 0.15) is 40.5 Å². The molecule has 0 aromatic rings. The van der Waals surface area contributed by atoms with Crippen LogP contribution >= 0.6 is 0 Å². The van der Waals surface area contributed by atoms with Crippen molar-refractivity contribution in [1.82, 2.24) is 10.4 Å². The Labute approximate surface area is 126 Å². The number of nitrogens with one attached hydrogen (secondary N) is 1. The smallest absolute Gasteiger partial charge is 0.410 e. The lowest BCUT2D eigenvalue weighted by molar-refractivity contribution is -0.126. The van der Waals surface area contributed by atoms with Crippen molar-refractivity contribution in [3.63, 3.8) is 0 Å². The third-order valence-electron chi connectivity index (χ3n) is 3.30. The molecule has 0 aromatic heterocycles. The molecule has 1 rings (SSSR count). The van der Waals surface area contributed by atoms with E-state index in [1.54, 1.807) is 4.90 Å². The Hall–Kier alpha value is -1.34. The van der Waals surface area contributed by atoms with E-state index in [1.807, 2.05) is 27.7 Å². The molecular formula is C14H27N3O4. The summed E-state index contributed by atoms with van der Waals surface area (Å²) < 4.78 is 5.39. The number of hydrogen-bond donors (Lipinski definition) is 2. The van der Waals surface area contributed by atoms with Gasteiger partial charge in [0.1, 0.15) is 12.2 Å². The summed E-state index contributed by atoms with van der Waals surface area (Å²) in [7, 11) is 0. The van der Waals surface area contributed by atoms with Crippen molar-refractivity contribution in [1.29, 1.82) is 0 Å². The quantitative estimate of drug-likeness (QED) is 0.740. The molecule has 0 spiro atoms. The average molecular weight is 301 g/mol. The van der Waals surface area contributed by atoms with Gasteiger partial charge in [-0.3, -0.25) is 9.63 Å². The van der Waals surface area contributed by atoms with Gasteiger partial charge in [-0.05, 0) is 46.5 Å². The van der Waals surface area contributed by atoms with E-state index >= 15 is 0 Å². The molecule has 0 aliphatic carbocycles. The summed E-state index contributed by atoms with van der Waals surface area (Å²) in [6, 6.07) is 0.0228. The molecular weight excluding hydrogens is 274 g/mol. The molecule has 2 atom stereocenters. The third kappa shape index (κ3) is 6.77. The monoisotopic (exact) mass is 301 g/mol. The van der Waals surface area contributed by atoms with Gasteiger partial charge in [-0.15, -0.1) is 0 Å². The molecule has 3 N–H and O–H groups in total. The van der Waals surface area contributed by atoms with Crippen molar-refractivity contribution < 1.29 is 19.2 Å². The van der Waals surface area contributed by atoms with Crippen LogP contribution in [0.15, 0.2) is 0 Å². The number of nitrogens with zero attached hydrogens (tertiary/aromatic N) is 1. The molecule has 1 saturated heterocycles. The Balaban J connectivity index is 2.44. The van der Waals surface area contributed by atoms with Gasteiger partial charge in [0.05, 0.1) is 0 Å². The van der Waals surface area contributed by atoms with E-state index in [4.69, 9.17) is 15.3 Å². The zero-order valence-electron chi connectivity index (χ0n) is 13.3. The molecule has 21 heavy (non-hydrogen) atoms. The molecule has 2 unspecified atom stereocenters. The van der Waals surface area contributed by atoms with Crippen molar-refractivity contribution in [2.24, 2.45) is 11.7 Å². The molecule has 1 heterocycles. The third-order valence-corrected chi connectivity index (χ3v) is 3.30. The maximum atomic E-state index is 12.1. The van der Waals surface area contributed by atoms with Gasteiger partial charge in [0.2, 0.25) is 5.91 Å². The maximum Gasteiger partial charge on any atom is 0.410 e. The number of carbonyl (C=O) groups excluding carboxylic acids is 2. The van der Waals surface area contributed by atoms with Gasteiger partial charge >= 0.3 is 6.09 Å². The lowest BCUT2D eigenvalue weighted by Crippen LogP contribution is -2.48. The fraction of sp³-hybridized carbons (Fsp3) is 0.857. The van der Waals surface area contributed by atoms with Crippen molar-refractivity contribution in [2.45, 2.75) is 52.2 Å². The van der Waals surface area contributed by atoms with Crippen LogP contribution in [-0.2, 0) is 14.4 Å². The van der Waals surface area contributed by atoms with Crippen molar-refractivity contribution >= 4 is 12.0 Å². The van der Waals surface area contributed by atoms with Crippen LogP contribution in [0.3, 0.4) is 0 Å². The highest BCUT2D eigenvalue weighted by molar-refractivity contribution is 5.74. The first-order valence-corrected chi connectivity index (χ1v) is 7.32. The van der Waals surface area contributed by atoms with Crippen LogP contribution in [0.4, 0.5) is 4.79 Å². The number of piperidine rings is 1. The number of primary amides is 1. The maximum absolute atomic E-state index is 12.1. The molecule has 1 aliphatic rings. The Bertz CT molecular complexity index is 368. The lowest BCUT2D eigenvalue weighted by Gasteiger charge is -2.36. The van der Waals surface area contributed by atoms with Gasteiger partial charge in [0.15, 0.2) is 0 Å². The summed E-state index contributed by atoms with van der Waals surface area (Å²) in [5.41, 5.74) is 7.33. The molecule has 1 aliphatic heterocycles. The van der Waals surface area contributed by atoms with E-state index in [2.05, 4.69) is 5.48 Å². The van der Waals surface area contributed by atoms with Crippen LogP contribution in [-0.4, -0.2) is 48.2 Å². The highest BCUT2D eigenvalue weighted by atomic mass is 16.6. The van der Waals surface area contributed by atoms with Gasteiger partial charge in [-0.1, -0.05) is 0 Å². The minimum absolute atomic E-state index is 0.0228. The normalized spacial score (nSPS) is 21.0. The topological polar surface area (TPSA) is 93.9 Å². The van der Waals surface area contributed by atoms with Gasteiger partial charge in [-0.2, -0.15) is 5.48 Å². The zero-order valence-corrected chi connectivity index (χ0v) is 13.3. The summed E-state index contributed by atoms with van der Waals surface area (Å²) in [6.07, 6.45) is 1.64. The summed E-state index contributed by atoms with van der Waals surface area (Å²) in [5.74, 6) is -0.270. The second-order valence-electron chi connectivity index (χ2n) is 6.49. The van der Waals surface area contributed by atoms with Crippen LogP contribution in [0.25, 0.3) is 0 Å². The first kappa shape index (κ1) is 17.7. The first-order valence-electron chi connectivity index (χ1n) is 7.32. The molecule has 0 saturated carbocycles. The average Bonchev–Trinajstić information content (AvgIpc) is 2.36. The molecule has 122 valence electrons. The van der Waals surface area contributed by atoms with E-state index in [1.165, 1.54) is 0 Å². The number of nitrogens with two attached hydrogens (primary N) is 1. The van der Waals surface area contributed by atoms with E-state index in [0.29, 0.717) is 13.1 Å². The molecule has 1 fully saturated rings. The van der Waals surface area contributed by atoms with Gasteiger partial charge in [-0.25, -0.2) is 4.79 Å². The van der Waals surface area contributed by atoms with Crippen molar-refractivity contribution in [2.75, 3.05) is 19.7 Å². The summed E-state index contributed by atoms with van der Waals surface area (Å²) in [5, 5.41) is 0. The van der Waals surface area contributed by atoms with E-state index in [-0.39, 0.29) is 24.7 Å². The van der Waals surface area contributed by atoms with Crippen molar-refractivity contribution in [3.8, 4) is 0 Å². The second kappa shape index (κ2) is 7.61. The molecule has 0 radical (unpaired) electrons. The lowest BCUT2D eigenvalue weighted by atomic mass is 9.92. The minimum atomic E-state index is -0.520. The first-order chi connectivity index (χ1) is 9.69. The standard InChI is InChI=1S/C14H27N3O4/c1-10(16-20-9-12(15)18)11-6-5-7-17(8-11)13(19)21-14(2,3)4/h10-11,16H,5-9H2,1-4H3,(H2,15,18). The summed E-state index contributed by atoms with van der Waals surface area (Å²) in [6.45, 7) is 8.69. The van der Waals surface area contributed by atoms with Gasteiger partial charge < -0.3 is 15.4 Å². The minimum Gasteiger partial charge on any atom is -0.444 e. The van der Waals surface area contributed by atoms with E-state index < -0.39 is 11.5 Å². The Kier molecular flexibility index (Phi) is 6.42. The highest BCUT2D eigenvalue weighted by Crippen LogP contribution is 2.21. The number of carbonyl (C=O) groups is 2. The van der Waals surface area contributed by atoms with Crippen LogP contribution in [0, 0.1) is 5.92 Å². The van der Waals surface area contributed by atoms with Crippen molar-refractivity contribution in [3.05, 3.63) is 0 Å². The van der Waals surface area contributed by atoms with Gasteiger partial charge in [0, 0.05) is 19.1 Å².